The van der Waals surface area contributed by atoms with Gasteiger partial charge in [0.15, 0.2) is 0 Å². The standard InChI is InChI=1S/3C3H7O.H2O.Ti/c3*1-2-3-4;;/h3*2-3H2,1H3;1H2;/q3*-1;;+4/p-1. The van der Waals surface area contributed by atoms with Crippen LogP contribution in [0.3, 0.4) is 0 Å². The first-order valence-electron chi connectivity index (χ1n) is 5.32. The van der Waals surface area contributed by atoms with Crippen LogP contribution in [0.4, 0.5) is 0 Å². The molecule has 0 rings (SSSR count). The van der Waals surface area contributed by atoms with E-state index < -0.39 is 18.1 Å². The van der Waals surface area contributed by atoms with Crippen LogP contribution in [0.2, 0.25) is 0 Å². The van der Waals surface area contributed by atoms with Crippen molar-refractivity contribution in [2.75, 3.05) is 19.8 Å². The van der Waals surface area contributed by atoms with Gasteiger partial charge in [-0.2, -0.15) is 0 Å². The van der Waals surface area contributed by atoms with Gasteiger partial charge in [0, 0.05) is 0 Å². The van der Waals surface area contributed by atoms with E-state index in [9.17, 15) is 3.69 Å². The van der Waals surface area contributed by atoms with Gasteiger partial charge in [0.25, 0.3) is 0 Å². The van der Waals surface area contributed by atoms with Crippen molar-refractivity contribution in [3.05, 3.63) is 0 Å². The Morgan fingerprint density at radius 2 is 1.07 bits per heavy atom. The Morgan fingerprint density at radius 3 is 1.29 bits per heavy atom. The van der Waals surface area contributed by atoms with Crippen molar-refractivity contribution >= 4 is 0 Å². The van der Waals surface area contributed by atoms with E-state index in [0.717, 1.165) is 19.3 Å². The summed E-state index contributed by atoms with van der Waals surface area (Å²) in [6.45, 7) is 7.48. The summed E-state index contributed by atoms with van der Waals surface area (Å²) >= 11 is -3.83. The van der Waals surface area contributed by atoms with Crippen molar-refractivity contribution < 1.29 is 31.8 Å². The van der Waals surface area contributed by atoms with Crippen LogP contribution in [-0.4, -0.2) is 23.5 Å². The van der Waals surface area contributed by atoms with E-state index in [0.29, 0.717) is 19.8 Å². The van der Waals surface area contributed by atoms with Crippen LogP contribution < -0.4 is 0 Å². The fraction of sp³-hybridized carbons (Fsp3) is 1.00. The quantitative estimate of drug-likeness (QED) is 0.629. The Labute approximate surface area is 91.8 Å². The summed E-state index contributed by atoms with van der Waals surface area (Å²) in [6.07, 6.45) is 2.58. The van der Waals surface area contributed by atoms with Crippen molar-refractivity contribution in [1.29, 1.82) is 0 Å². The molecular formula is C9H22O4Ti. The molecule has 0 aliphatic heterocycles. The molecule has 0 bridgehead atoms. The minimum atomic E-state index is -3.83. The summed E-state index contributed by atoms with van der Waals surface area (Å²) < 4.78 is 25.8. The number of rotatable bonds is 9. The summed E-state index contributed by atoms with van der Waals surface area (Å²) in [5.41, 5.74) is 0. The Kier molecular flexibility index (Phi) is 9.18. The maximum atomic E-state index is 9.93. The molecule has 1 N–H and O–H groups in total. The predicted octanol–water partition coefficient (Wildman–Crippen LogP) is 2.07. The van der Waals surface area contributed by atoms with Crippen molar-refractivity contribution in [1.82, 2.24) is 0 Å². The SMILES string of the molecule is CCC[O][Ti]([OH])([O]CCC)[O]CCC. The van der Waals surface area contributed by atoms with Crippen LogP contribution in [0.5, 0.6) is 0 Å². The van der Waals surface area contributed by atoms with Crippen LogP contribution >= 0.6 is 0 Å². The summed E-state index contributed by atoms with van der Waals surface area (Å²) in [6, 6.07) is 0. The van der Waals surface area contributed by atoms with Gasteiger partial charge in [0.05, 0.1) is 0 Å². The predicted molar refractivity (Wildman–Crippen MR) is 50.9 cm³/mol. The third-order valence-corrected chi connectivity index (χ3v) is 4.13. The molecule has 0 heterocycles. The topological polar surface area (TPSA) is 47.9 Å². The van der Waals surface area contributed by atoms with Crippen LogP contribution in [0.25, 0.3) is 0 Å². The molecule has 0 atom stereocenters. The van der Waals surface area contributed by atoms with Gasteiger partial charge in [-0.15, -0.1) is 0 Å². The van der Waals surface area contributed by atoms with Gasteiger partial charge in [0.2, 0.25) is 0 Å². The molecule has 0 aromatic rings. The first-order chi connectivity index (χ1) is 6.68. The normalized spacial score (nSPS) is 12.0. The Balaban J connectivity index is 3.89. The molecular weight excluding hydrogens is 220 g/mol. The van der Waals surface area contributed by atoms with E-state index in [1.165, 1.54) is 0 Å². The monoisotopic (exact) mass is 242 g/mol. The first-order valence-corrected chi connectivity index (χ1v) is 7.93. The minimum absolute atomic E-state index is 0.504. The van der Waals surface area contributed by atoms with Gasteiger partial charge < -0.3 is 0 Å². The van der Waals surface area contributed by atoms with E-state index in [1.54, 1.807) is 0 Å². The number of hydrogen-bond acceptors (Lipinski definition) is 4. The van der Waals surface area contributed by atoms with Crippen LogP contribution in [0.15, 0.2) is 0 Å². The zero-order valence-corrected chi connectivity index (χ0v) is 11.0. The van der Waals surface area contributed by atoms with Gasteiger partial charge in [-0.05, 0) is 0 Å². The van der Waals surface area contributed by atoms with Crippen molar-refractivity contribution in [3.8, 4) is 0 Å². The Bertz CT molecular complexity index is 110. The third kappa shape index (κ3) is 6.93. The molecule has 0 saturated heterocycles. The Morgan fingerprint density at radius 1 is 0.786 bits per heavy atom. The molecule has 0 aliphatic carbocycles. The zero-order chi connectivity index (χ0) is 10.9. The van der Waals surface area contributed by atoms with E-state index in [-0.39, 0.29) is 0 Å². The average molecular weight is 242 g/mol. The third-order valence-electron chi connectivity index (χ3n) is 1.47. The zero-order valence-electron chi connectivity index (χ0n) is 9.41. The molecule has 0 spiro atoms. The van der Waals surface area contributed by atoms with Gasteiger partial charge in [-0.25, -0.2) is 0 Å². The fourth-order valence-electron chi connectivity index (χ4n) is 0.818. The van der Waals surface area contributed by atoms with Crippen LogP contribution in [0, 0.1) is 0 Å². The molecule has 4 nitrogen and oxygen atoms in total. The van der Waals surface area contributed by atoms with E-state index in [2.05, 4.69) is 0 Å². The molecule has 0 aromatic heterocycles. The van der Waals surface area contributed by atoms with Crippen molar-refractivity contribution in [3.63, 3.8) is 0 Å². The molecule has 0 fully saturated rings. The second-order valence-corrected chi connectivity index (χ2v) is 6.06. The molecule has 0 saturated carbocycles. The van der Waals surface area contributed by atoms with Gasteiger partial charge in [0.1, 0.15) is 0 Å². The maximum absolute atomic E-state index is 9.93. The van der Waals surface area contributed by atoms with Crippen LogP contribution in [0.1, 0.15) is 40.0 Å². The molecule has 86 valence electrons. The molecule has 5 heteroatoms. The van der Waals surface area contributed by atoms with E-state index >= 15 is 0 Å². The van der Waals surface area contributed by atoms with E-state index in [4.69, 9.17) is 9.96 Å². The number of hydrogen-bond donors (Lipinski definition) is 1. The summed E-state index contributed by atoms with van der Waals surface area (Å²) in [7, 11) is 0. The van der Waals surface area contributed by atoms with E-state index in [1.807, 2.05) is 20.8 Å². The molecule has 0 unspecified atom stereocenters. The second kappa shape index (κ2) is 8.83. The molecule has 0 aliphatic rings. The van der Waals surface area contributed by atoms with Crippen LogP contribution in [-0.2, 0) is 28.1 Å². The average Bonchev–Trinajstić information content (AvgIpc) is 2.21. The summed E-state index contributed by atoms with van der Waals surface area (Å²) in [5.74, 6) is 0. The fourth-order valence-corrected chi connectivity index (χ4v) is 3.37. The van der Waals surface area contributed by atoms with Gasteiger partial charge >= 0.3 is 91.6 Å². The summed E-state index contributed by atoms with van der Waals surface area (Å²) in [4.78, 5) is 0. The van der Waals surface area contributed by atoms with Crippen molar-refractivity contribution in [2.45, 2.75) is 40.0 Å². The first kappa shape index (κ1) is 14.6. The second-order valence-electron chi connectivity index (χ2n) is 3.07. The van der Waals surface area contributed by atoms with Gasteiger partial charge in [-0.1, -0.05) is 0 Å². The van der Waals surface area contributed by atoms with Crippen molar-refractivity contribution in [2.24, 2.45) is 0 Å². The molecule has 0 amide bonds. The Hall–Kier alpha value is 0.554. The summed E-state index contributed by atoms with van der Waals surface area (Å²) in [5, 5.41) is 0. The molecule has 14 heavy (non-hydrogen) atoms. The molecule has 0 radical (unpaired) electrons. The van der Waals surface area contributed by atoms with Gasteiger partial charge in [-0.3, -0.25) is 0 Å². The molecule has 0 aromatic carbocycles.